The van der Waals surface area contributed by atoms with E-state index in [0.29, 0.717) is 0 Å². The van der Waals surface area contributed by atoms with Crippen LogP contribution >= 0.6 is 0 Å². The predicted octanol–water partition coefficient (Wildman–Crippen LogP) is 1.47. The van der Waals surface area contributed by atoms with Crippen LogP contribution in [0.2, 0.25) is 0 Å². The van der Waals surface area contributed by atoms with Gasteiger partial charge in [0.2, 0.25) is 12.4 Å². The van der Waals surface area contributed by atoms with E-state index in [1.807, 2.05) is 6.07 Å². The summed E-state index contributed by atoms with van der Waals surface area (Å²) in [6.45, 7) is 2.98. The summed E-state index contributed by atoms with van der Waals surface area (Å²) >= 11 is 0. The second-order valence-corrected chi connectivity index (χ2v) is 3.86. The highest BCUT2D eigenvalue weighted by Gasteiger charge is 2.32. The summed E-state index contributed by atoms with van der Waals surface area (Å²) in [5, 5.41) is 0. The molecule has 0 spiro atoms. The molecule has 1 heterocycles. The largest absolute Gasteiger partial charge is 0.373 e. The van der Waals surface area contributed by atoms with E-state index in [9.17, 15) is 4.39 Å². The van der Waals surface area contributed by atoms with E-state index in [1.54, 1.807) is 25.6 Å². The first-order valence-electron chi connectivity index (χ1n) is 4.76. The first kappa shape index (κ1) is 11.9. The number of methoxy groups -OCH3 is 1. The molecule has 0 N–H and O–H groups in total. The van der Waals surface area contributed by atoms with E-state index in [-0.39, 0.29) is 0 Å². The fourth-order valence-corrected chi connectivity index (χ4v) is 1.55. The summed E-state index contributed by atoms with van der Waals surface area (Å²) in [5.74, 6) is 0. The van der Waals surface area contributed by atoms with Gasteiger partial charge in [-0.25, -0.2) is 4.39 Å². The molecule has 1 atom stereocenters. The van der Waals surface area contributed by atoms with Crippen LogP contribution < -0.4 is 9.57 Å². The Morgan fingerprint density at radius 1 is 1.40 bits per heavy atom. The van der Waals surface area contributed by atoms with Crippen LogP contribution in [0.15, 0.2) is 24.5 Å². The zero-order chi connectivity index (χ0) is 11.5. The molecular formula is C11H17FNO2+. The molecule has 15 heavy (non-hydrogen) atoms. The molecule has 0 saturated carbocycles. The average molecular weight is 214 g/mol. The van der Waals surface area contributed by atoms with Crippen molar-refractivity contribution in [1.82, 2.24) is 0 Å². The van der Waals surface area contributed by atoms with E-state index in [4.69, 9.17) is 9.57 Å². The van der Waals surface area contributed by atoms with Crippen LogP contribution in [-0.4, -0.2) is 19.9 Å². The monoisotopic (exact) mass is 214 g/mol. The van der Waals surface area contributed by atoms with Crippen molar-refractivity contribution in [3.05, 3.63) is 30.1 Å². The third-order valence-electron chi connectivity index (χ3n) is 2.17. The minimum Gasteiger partial charge on any atom is -0.373 e. The molecule has 0 aliphatic carbocycles. The van der Waals surface area contributed by atoms with Crippen LogP contribution in [0.5, 0.6) is 0 Å². The molecule has 1 aromatic heterocycles. The molecule has 0 aliphatic heterocycles. The van der Waals surface area contributed by atoms with Gasteiger partial charge in [-0.2, -0.15) is 0 Å². The Kier molecular flexibility index (Phi) is 3.63. The molecule has 84 valence electrons. The third kappa shape index (κ3) is 2.89. The van der Waals surface area contributed by atoms with E-state index in [0.717, 1.165) is 5.56 Å². The van der Waals surface area contributed by atoms with Gasteiger partial charge in [-0.05, 0) is 19.9 Å². The maximum absolute atomic E-state index is 13.8. The number of hydrogen-bond acceptors (Lipinski definition) is 2. The number of pyridine rings is 1. The summed E-state index contributed by atoms with van der Waals surface area (Å²) in [6.07, 6.45) is 2.84. The summed E-state index contributed by atoms with van der Waals surface area (Å²) in [7, 11) is 3.04. The van der Waals surface area contributed by atoms with Crippen molar-refractivity contribution in [3.63, 3.8) is 0 Å². The van der Waals surface area contributed by atoms with Gasteiger partial charge < -0.3 is 4.74 Å². The van der Waals surface area contributed by atoms with Crippen molar-refractivity contribution in [2.75, 3.05) is 14.2 Å². The minimum atomic E-state index is -1.43. The Morgan fingerprint density at radius 2 is 2.07 bits per heavy atom. The number of hydrogen-bond donors (Lipinski definition) is 0. The molecule has 0 radical (unpaired) electrons. The molecule has 4 heteroatoms. The van der Waals surface area contributed by atoms with Gasteiger partial charge in [0, 0.05) is 17.9 Å². The molecule has 0 aliphatic rings. The maximum atomic E-state index is 13.8. The fourth-order valence-electron chi connectivity index (χ4n) is 1.55. The minimum absolute atomic E-state index is 0.597. The highest BCUT2D eigenvalue weighted by Crippen LogP contribution is 2.30. The van der Waals surface area contributed by atoms with E-state index in [1.165, 1.54) is 25.7 Å². The van der Waals surface area contributed by atoms with Crippen molar-refractivity contribution in [1.29, 1.82) is 0 Å². The highest BCUT2D eigenvalue weighted by molar-refractivity contribution is 5.13. The number of rotatable bonds is 4. The Bertz CT molecular complexity index is 323. The lowest BCUT2D eigenvalue weighted by atomic mass is 9.98. The molecule has 0 saturated heterocycles. The summed E-state index contributed by atoms with van der Waals surface area (Å²) in [4.78, 5) is 5.00. The van der Waals surface area contributed by atoms with Gasteiger partial charge in [-0.3, -0.25) is 4.84 Å². The van der Waals surface area contributed by atoms with Gasteiger partial charge in [-0.15, -0.1) is 0 Å². The van der Waals surface area contributed by atoms with Gasteiger partial charge in [0.05, 0.1) is 5.56 Å². The van der Waals surface area contributed by atoms with Crippen LogP contribution in [0.1, 0.15) is 25.5 Å². The number of aromatic nitrogens is 1. The smallest absolute Gasteiger partial charge is 0.228 e. The number of ether oxygens (including phenoxy) is 1. The topological polar surface area (TPSA) is 22.3 Å². The normalized spacial score (nSPS) is 13.7. The standard InChI is InChI=1S/C11H17FNO2/c1-11(2,12)10(14-3)9-6-5-7-13(8-9)15-4/h5-8,10H,1-4H3/q+1. The second-order valence-electron chi connectivity index (χ2n) is 3.86. The quantitative estimate of drug-likeness (QED) is 0.708. The van der Waals surface area contributed by atoms with Crippen molar-refractivity contribution >= 4 is 0 Å². The van der Waals surface area contributed by atoms with Crippen LogP contribution in [0, 0.1) is 0 Å². The summed E-state index contributed by atoms with van der Waals surface area (Å²) in [6, 6.07) is 3.60. The van der Waals surface area contributed by atoms with Gasteiger partial charge >= 0.3 is 0 Å². The molecule has 0 fully saturated rings. The average Bonchev–Trinajstić information content (AvgIpc) is 2.17. The zero-order valence-electron chi connectivity index (χ0n) is 9.53. The van der Waals surface area contributed by atoms with Crippen LogP contribution in [-0.2, 0) is 4.74 Å². The molecule has 0 aromatic carbocycles. The van der Waals surface area contributed by atoms with Crippen molar-refractivity contribution in [2.45, 2.75) is 25.6 Å². The molecule has 1 rings (SSSR count). The van der Waals surface area contributed by atoms with Crippen LogP contribution in [0.3, 0.4) is 0 Å². The molecule has 1 aromatic rings. The SMILES string of the molecule is COC(c1ccc[n+](OC)c1)C(C)(C)F. The molecule has 3 nitrogen and oxygen atoms in total. The van der Waals surface area contributed by atoms with Crippen LogP contribution in [0.25, 0.3) is 0 Å². The predicted molar refractivity (Wildman–Crippen MR) is 54.1 cm³/mol. The number of halogens is 1. The summed E-state index contributed by atoms with van der Waals surface area (Å²) < 4.78 is 20.5. The van der Waals surface area contributed by atoms with E-state index in [2.05, 4.69) is 0 Å². The molecular weight excluding hydrogens is 197 g/mol. The summed E-state index contributed by atoms with van der Waals surface area (Å²) in [5.41, 5.74) is -0.684. The number of alkyl halides is 1. The van der Waals surface area contributed by atoms with Crippen molar-refractivity contribution < 1.29 is 18.7 Å². The Hall–Kier alpha value is -1.16. The molecule has 1 unspecified atom stereocenters. The first-order valence-corrected chi connectivity index (χ1v) is 4.76. The van der Waals surface area contributed by atoms with Gasteiger partial charge in [-0.1, -0.05) is 0 Å². The first-order chi connectivity index (χ1) is 6.99. The molecule has 0 bridgehead atoms. The maximum Gasteiger partial charge on any atom is 0.228 e. The van der Waals surface area contributed by atoms with Crippen molar-refractivity contribution in [2.24, 2.45) is 0 Å². The number of nitrogens with zero attached hydrogens (tertiary/aromatic N) is 1. The Labute approximate surface area is 89.4 Å². The van der Waals surface area contributed by atoms with Crippen molar-refractivity contribution in [3.8, 4) is 0 Å². The molecule has 0 amide bonds. The van der Waals surface area contributed by atoms with Gasteiger partial charge in [0.25, 0.3) is 0 Å². The lowest BCUT2D eigenvalue weighted by Crippen LogP contribution is -2.41. The van der Waals surface area contributed by atoms with E-state index >= 15 is 0 Å². The van der Waals surface area contributed by atoms with Crippen LogP contribution in [0.4, 0.5) is 4.39 Å². The second kappa shape index (κ2) is 4.57. The van der Waals surface area contributed by atoms with Gasteiger partial charge in [0.15, 0.2) is 0 Å². The lowest BCUT2D eigenvalue weighted by Gasteiger charge is -2.24. The highest BCUT2D eigenvalue weighted by atomic mass is 19.1. The fraction of sp³-hybridized carbons (Fsp3) is 0.545. The van der Waals surface area contributed by atoms with E-state index < -0.39 is 11.8 Å². The van der Waals surface area contributed by atoms with Gasteiger partial charge in [0.1, 0.15) is 18.9 Å². The Balaban J connectivity index is 3.02. The zero-order valence-corrected chi connectivity index (χ0v) is 9.53. The Morgan fingerprint density at radius 3 is 2.53 bits per heavy atom. The third-order valence-corrected chi connectivity index (χ3v) is 2.17. The lowest BCUT2D eigenvalue weighted by molar-refractivity contribution is -0.885.